The van der Waals surface area contributed by atoms with Gasteiger partial charge in [-0.1, -0.05) is 17.4 Å². The summed E-state index contributed by atoms with van der Waals surface area (Å²) in [4.78, 5) is 29.3. The summed E-state index contributed by atoms with van der Waals surface area (Å²) in [7, 11) is 4.35. The predicted octanol–water partition coefficient (Wildman–Crippen LogP) is 2.94. The number of carbonyl (C=O) groups is 2. The lowest BCUT2D eigenvalue weighted by molar-refractivity contribution is -0.141. The largest absolute Gasteiger partial charge is 0.493 e. The van der Waals surface area contributed by atoms with Crippen LogP contribution < -0.4 is 14.3 Å². The topological polar surface area (TPSA) is 79.1 Å². The van der Waals surface area contributed by atoms with E-state index >= 15 is 0 Å². The van der Waals surface area contributed by atoms with E-state index in [4.69, 9.17) is 14.2 Å². The van der Waals surface area contributed by atoms with Gasteiger partial charge in [0.2, 0.25) is 0 Å². The van der Waals surface area contributed by atoms with Crippen molar-refractivity contribution < 1.29 is 23.8 Å². The Kier molecular flexibility index (Phi) is 5.79. The zero-order chi connectivity index (χ0) is 20.3. The number of amides is 1. The molecule has 2 aromatic carbocycles. The number of hydrogen-bond acceptors (Lipinski definition) is 6. The molecule has 0 atom stereocenters. The molecule has 3 aromatic rings. The van der Waals surface area contributed by atoms with Gasteiger partial charge >= 0.3 is 5.97 Å². The van der Waals surface area contributed by atoms with E-state index in [1.807, 2.05) is 25.1 Å². The zero-order valence-electron chi connectivity index (χ0n) is 16.0. The van der Waals surface area contributed by atoms with Gasteiger partial charge in [-0.3, -0.25) is 9.59 Å². The van der Waals surface area contributed by atoms with Crippen LogP contribution in [0.5, 0.6) is 11.5 Å². The first-order chi connectivity index (χ1) is 13.5. The summed E-state index contributed by atoms with van der Waals surface area (Å²) in [6, 6.07) is 10.7. The van der Waals surface area contributed by atoms with Gasteiger partial charge in [-0.05, 0) is 42.8 Å². The number of thiazole rings is 1. The number of methoxy groups -OCH3 is 3. The molecule has 0 fully saturated rings. The molecule has 1 aromatic heterocycles. The highest BCUT2D eigenvalue weighted by molar-refractivity contribution is 7.16. The third-order valence-corrected chi connectivity index (χ3v) is 5.22. The molecule has 0 N–H and O–H groups in total. The molecule has 0 radical (unpaired) electrons. The molecule has 0 spiro atoms. The van der Waals surface area contributed by atoms with Crippen LogP contribution in [0.1, 0.15) is 15.9 Å². The van der Waals surface area contributed by atoms with E-state index in [9.17, 15) is 9.59 Å². The molecular weight excluding hydrogens is 380 g/mol. The number of nitrogens with zero attached hydrogens (tertiary/aromatic N) is 2. The quantitative estimate of drug-likeness (QED) is 0.615. The lowest BCUT2D eigenvalue weighted by Gasteiger charge is -2.07. The maximum absolute atomic E-state index is 12.7. The Hall–Kier alpha value is -3.13. The first-order valence-corrected chi connectivity index (χ1v) is 9.26. The van der Waals surface area contributed by atoms with Crippen LogP contribution in [-0.4, -0.2) is 37.8 Å². The SMILES string of the molecule is COC(=O)Cn1c(=NC(=O)c2ccc(OC)c(OC)c2)sc2cc(C)ccc21. The average molecular weight is 400 g/mol. The molecule has 28 heavy (non-hydrogen) atoms. The zero-order valence-corrected chi connectivity index (χ0v) is 16.8. The number of benzene rings is 2. The van der Waals surface area contributed by atoms with Gasteiger partial charge in [-0.2, -0.15) is 4.99 Å². The van der Waals surface area contributed by atoms with Crippen LogP contribution >= 0.6 is 11.3 Å². The first kappa shape index (κ1) is 19.6. The van der Waals surface area contributed by atoms with Gasteiger partial charge in [-0.25, -0.2) is 0 Å². The van der Waals surface area contributed by atoms with E-state index < -0.39 is 11.9 Å². The van der Waals surface area contributed by atoms with Gasteiger partial charge < -0.3 is 18.8 Å². The number of carbonyl (C=O) groups excluding carboxylic acids is 2. The first-order valence-electron chi connectivity index (χ1n) is 8.44. The van der Waals surface area contributed by atoms with Crippen LogP contribution in [0, 0.1) is 6.92 Å². The van der Waals surface area contributed by atoms with Crippen molar-refractivity contribution >= 4 is 33.4 Å². The van der Waals surface area contributed by atoms with E-state index in [2.05, 4.69) is 4.99 Å². The second-order valence-corrected chi connectivity index (χ2v) is 7.01. The van der Waals surface area contributed by atoms with Crippen molar-refractivity contribution in [3.05, 3.63) is 52.3 Å². The summed E-state index contributed by atoms with van der Waals surface area (Å²) in [6.07, 6.45) is 0. The van der Waals surface area contributed by atoms with E-state index in [-0.39, 0.29) is 6.54 Å². The maximum atomic E-state index is 12.7. The average Bonchev–Trinajstić information content (AvgIpc) is 3.02. The molecule has 7 nitrogen and oxygen atoms in total. The highest BCUT2D eigenvalue weighted by Gasteiger charge is 2.14. The third kappa shape index (κ3) is 3.91. The molecular formula is C20H20N2O5S. The fourth-order valence-electron chi connectivity index (χ4n) is 2.73. The standard InChI is InChI=1S/C20H20N2O5S/c1-12-5-7-14-17(9-12)28-20(22(14)11-18(23)27-4)21-19(24)13-6-8-15(25-2)16(10-13)26-3/h5-10H,11H2,1-4H3. The Morgan fingerprint density at radius 3 is 2.46 bits per heavy atom. The number of fused-ring (bicyclic) bond motifs is 1. The van der Waals surface area contributed by atoms with E-state index in [0.29, 0.717) is 21.9 Å². The molecule has 0 aliphatic rings. The monoisotopic (exact) mass is 400 g/mol. The molecule has 146 valence electrons. The molecule has 0 saturated carbocycles. The number of hydrogen-bond donors (Lipinski definition) is 0. The molecule has 1 heterocycles. The van der Waals surface area contributed by atoms with Gasteiger partial charge in [0.1, 0.15) is 6.54 Å². The summed E-state index contributed by atoms with van der Waals surface area (Å²) < 4.78 is 17.8. The van der Waals surface area contributed by atoms with Crippen molar-refractivity contribution in [1.82, 2.24) is 4.57 Å². The summed E-state index contributed by atoms with van der Waals surface area (Å²) in [6.45, 7) is 1.95. The number of aromatic nitrogens is 1. The molecule has 0 aliphatic heterocycles. The van der Waals surface area contributed by atoms with Gasteiger partial charge in [0.05, 0.1) is 31.5 Å². The van der Waals surface area contributed by atoms with Gasteiger partial charge in [0.25, 0.3) is 5.91 Å². The molecule has 1 amide bonds. The Morgan fingerprint density at radius 2 is 1.79 bits per heavy atom. The van der Waals surface area contributed by atoms with Crippen LogP contribution in [0.25, 0.3) is 10.2 Å². The second-order valence-electron chi connectivity index (χ2n) is 6.00. The Morgan fingerprint density at radius 1 is 1.04 bits per heavy atom. The number of rotatable bonds is 5. The minimum Gasteiger partial charge on any atom is -0.493 e. The molecule has 0 aliphatic carbocycles. The summed E-state index contributed by atoms with van der Waals surface area (Å²) >= 11 is 1.34. The lowest BCUT2D eigenvalue weighted by atomic mass is 10.2. The number of ether oxygens (including phenoxy) is 3. The Balaban J connectivity index is 2.11. The van der Waals surface area contributed by atoms with Gasteiger partial charge in [0, 0.05) is 5.56 Å². The summed E-state index contributed by atoms with van der Waals surface area (Å²) in [5, 5.41) is 0. The van der Waals surface area contributed by atoms with Crippen LogP contribution in [0.15, 0.2) is 41.4 Å². The Labute approximate surface area is 165 Å². The van der Waals surface area contributed by atoms with Crippen LogP contribution in [0.4, 0.5) is 0 Å². The molecule has 0 bridgehead atoms. The number of aryl methyl sites for hydroxylation is 1. The minimum atomic E-state index is -0.442. The highest BCUT2D eigenvalue weighted by atomic mass is 32.1. The second kappa shape index (κ2) is 8.26. The van der Waals surface area contributed by atoms with Crippen molar-refractivity contribution in [2.45, 2.75) is 13.5 Å². The van der Waals surface area contributed by atoms with E-state index in [1.165, 1.54) is 32.7 Å². The van der Waals surface area contributed by atoms with Crippen molar-refractivity contribution in [1.29, 1.82) is 0 Å². The number of esters is 1. The molecule has 3 rings (SSSR count). The lowest BCUT2D eigenvalue weighted by Crippen LogP contribution is -2.22. The Bertz CT molecular complexity index is 1110. The summed E-state index contributed by atoms with van der Waals surface area (Å²) in [5.74, 6) is 0.109. The molecule has 0 saturated heterocycles. The molecule has 0 unspecified atom stereocenters. The maximum Gasteiger partial charge on any atom is 0.325 e. The van der Waals surface area contributed by atoms with Crippen molar-refractivity contribution in [3.63, 3.8) is 0 Å². The molecule has 8 heteroatoms. The fourth-order valence-corrected chi connectivity index (χ4v) is 3.86. The third-order valence-electron chi connectivity index (χ3n) is 4.18. The van der Waals surface area contributed by atoms with Crippen molar-refractivity contribution in [2.75, 3.05) is 21.3 Å². The van der Waals surface area contributed by atoms with Gasteiger partial charge in [0.15, 0.2) is 16.3 Å². The minimum absolute atomic E-state index is 0.0302. The fraction of sp³-hybridized carbons (Fsp3) is 0.250. The van der Waals surface area contributed by atoms with Crippen molar-refractivity contribution in [2.24, 2.45) is 4.99 Å². The highest BCUT2D eigenvalue weighted by Crippen LogP contribution is 2.28. The predicted molar refractivity (Wildman–Crippen MR) is 106 cm³/mol. The smallest absolute Gasteiger partial charge is 0.325 e. The van der Waals surface area contributed by atoms with Crippen LogP contribution in [0.3, 0.4) is 0 Å². The van der Waals surface area contributed by atoms with Crippen LogP contribution in [-0.2, 0) is 16.1 Å². The van der Waals surface area contributed by atoms with E-state index in [1.54, 1.807) is 22.8 Å². The van der Waals surface area contributed by atoms with Crippen molar-refractivity contribution in [3.8, 4) is 11.5 Å². The summed E-state index contributed by atoms with van der Waals surface area (Å²) in [5.41, 5.74) is 2.26. The van der Waals surface area contributed by atoms with Crippen LogP contribution in [0.2, 0.25) is 0 Å². The van der Waals surface area contributed by atoms with E-state index in [0.717, 1.165) is 15.8 Å². The van der Waals surface area contributed by atoms with Gasteiger partial charge in [-0.15, -0.1) is 0 Å². The normalized spacial score (nSPS) is 11.5.